The number of hydrogen-bond donors (Lipinski definition) is 2. The highest BCUT2D eigenvalue weighted by atomic mass is 16.5. The van der Waals surface area contributed by atoms with Crippen molar-refractivity contribution in [2.75, 3.05) is 7.11 Å². The fraction of sp³-hybridized carbons (Fsp3) is 0.562. The summed E-state index contributed by atoms with van der Waals surface area (Å²) in [5.41, 5.74) is 6.31. The summed E-state index contributed by atoms with van der Waals surface area (Å²) in [4.78, 5) is 12.1. The van der Waals surface area contributed by atoms with Gasteiger partial charge in [-0.2, -0.15) is 0 Å². The predicted molar refractivity (Wildman–Crippen MR) is 81.8 cm³/mol. The third-order valence-electron chi connectivity index (χ3n) is 3.38. The molecule has 1 amide bonds. The highest BCUT2D eigenvalue weighted by Crippen LogP contribution is 2.19. The third kappa shape index (κ3) is 4.53. The van der Waals surface area contributed by atoms with Gasteiger partial charge in [-0.05, 0) is 38.3 Å². The van der Waals surface area contributed by atoms with Crippen molar-refractivity contribution in [1.82, 2.24) is 5.32 Å². The molecule has 112 valence electrons. The second-order valence-corrected chi connectivity index (χ2v) is 5.56. The quantitative estimate of drug-likeness (QED) is 0.804. The zero-order valence-electron chi connectivity index (χ0n) is 12.9. The van der Waals surface area contributed by atoms with Crippen LogP contribution in [0.2, 0.25) is 0 Å². The Morgan fingerprint density at radius 3 is 2.70 bits per heavy atom. The number of rotatable bonds is 7. The van der Waals surface area contributed by atoms with Crippen molar-refractivity contribution in [3.8, 4) is 5.75 Å². The first kappa shape index (κ1) is 16.5. The average molecular weight is 278 g/mol. The summed E-state index contributed by atoms with van der Waals surface area (Å²) in [6.45, 7) is 5.78. The van der Waals surface area contributed by atoms with Gasteiger partial charge in [-0.1, -0.05) is 31.5 Å². The summed E-state index contributed by atoms with van der Waals surface area (Å²) in [5, 5.41) is 2.99. The van der Waals surface area contributed by atoms with Crippen LogP contribution in [-0.2, 0) is 11.2 Å². The van der Waals surface area contributed by atoms with Gasteiger partial charge in [0.1, 0.15) is 5.75 Å². The van der Waals surface area contributed by atoms with Crippen molar-refractivity contribution in [1.29, 1.82) is 0 Å². The zero-order chi connectivity index (χ0) is 15.2. The van der Waals surface area contributed by atoms with Gasteiger partial charge in [-0.3, -0.25) is 4.79 Å². The van der Waals surface area contributed by atoms with Gasteiger partial charge in [0.15, 0.2) is 0 Å². The molecule has 0 saturated heterocycles. The molecule has 4 heteroatoms. The molecule has 0 bridgehead atoms. The molecule has 0 radical (unpaired) electrons. The molecule has 0 saturated carbocycles. The number of methoxy groups -OCH3 is 1. The summed E-state index contributed by atoms with van der Waals surface area (Å²) in [6.07, 6.45) is 2.29. The molecule has 1 aromatic rings. The van der Waals surface area contributed by atoms with Gasteiger partial charge in [0.2, 0.25) is 5.91 Å². The lowest BCUT2D eigenvalue weighted by atomic mass is 9.95. The van der Waals surface area contributed by atoms with E-state index in [4.69, 9.17) is 10.5 Å². The Morgan fingerprint density at radius 1 is 1.45 bits per heavy atom. The van der Waals surface area contributed by atoms with E-state index < -0.39 is 5.54 Å². The lowest BCUT2D eigenvalue weighted by Crippen LogP contribution is -2.53. The van der Waals surface area contributed by atoms with Crippen molar-refractivity contribution in [2.24, 2.45) is 5.73 Å². The van der Waals surface area contributed by atoms with Gasteiger partial charge in [0, 0.05) is 6.04 Å². The molecule has 0 spiro atoms. The van der Waals surface area contributed by atoms with E-state index in [-0.39, 0.29) is 11.9 Å². The molecule has 0 aliphatic heterocycles. The standard InChI is InChI=1S/C16H26N2O2/c1-5-10-16(3,17)15(19)18-12(2)11-13-8-6-7-9-14(13)20-4/h6-9,12H,5,10-11,17H2,1-4H3,(H,18,19). The number of para-hydroxylation sites is 1. The van der Waals surface area contributed by atoms with Gasteiger partial charge in [-0.25, -0.2) is 0 Å². The van der Waals surface area contributed by atoms with Crippen LogP contribution >= 0.6 is 0 Å². The van der Waals surface area contributed by atoms with E-state index in [2.05, 4.69) is 5.32 Å². The van der Waals surface area contributed by atoms with E-state index in [9.17, 15) is 4.79 Å². The molecule has 0 aliphatic rings. The summed E-state index contributed by atoms with van der Waals surface area (Å²) in [6, 6.07) is 7.85. The number of ether oxygens (including phenoxy) is 1. The molecule has 3 N–H and O–H groups in total. The fourth-order valence-corrected chi connectivity index (χ4v) is 2.27. The Kier molecular flexibility index (Phi) is 6.02. The van der Waals surface area contributed by atoms with E-state index in [1.165, 1.54) is 0 Å². The second-order valence-electron chi connectivity index (χ2n) is 5.56. The highest BCUT2D eigenvalue weighted by molar-refractivity contribution is 5.85. The van der Waals surface area contributed by atoms with Crippen LogP contribution in [0.5, 0.6) is 5.75 Å². The minimum absolute atomic E-state index is 0.0125. The van der Waals surface area contributed by atoms with Crippen molar-refractivity contribution in [2.45, 2.75) is 51.6 Å². The number of nitrogens with two attached hydrogens (primary N) is 1. The topological polar surface area (TPSA) is 64.4 Å². The number of nitrogens with one attached hydrogen (secondary N) is 1. The molecule has 0 aromatic heterocycles. The number of benzene rings is 1. The van der Waals surface area contributed by atoms with E-state index in [1.54, 1.807) is 14.0 Å². The van der Waals surface area contributed by atoms with E-state index in [1.807, 2.05) is 38.1 Å². The van der Waals surface area contributed by atoms with E-state index in [0.717, 1.165) is 24.2 Å². The van der Waals surface area contributed by atoms with Gasteiger partial charge in [-0.15, -0.1) is 0 Å². The lowest BCUT2D eigenvalue weighted by molar-refractivity contribution is -0.126. The van der Waals surface area contributed by atoms with E-state index >= 15 is 0 Å². The van der Waals surface area contributed by atoms with Crippen LogP contribution < -0.4 is 15.8 Å². The van der Waals surface area contributed by atoms with Crippen LogP contribution in [0.4, 0.5) is 0 Å². The molecular weight excluding hydrogens is 252 g/mol. The summed E-state index contributed by atoms with van der Waals surface area (Å²) < 4.78 is 5.32. The predicted octanol–water partition coefficient (Wildman–Crippen LogP) is 2.26. The van der Waals surface area contributed by atoms with Gasteiger partial charge in [0.25, 0.3) is 0 Å². The van der Waals surface area contributed by atoms with Crippen LogP contribution in [0.1, 0.15) is 39.2 Å². The number of carbonyl (C=O) groups is 1. The Labute approximate surface area is 121 Å². The fourth-order valence-electron chi connectivity index (χ4n) is 2.27. The van der Waals surface area contributed by atoms with Gasteiger partial charge in [0.05, 0.1) is 12.6 Å². The van der Waals surface area contributed by atoms with Gasteiger partial charge >= 0.3 is 0 Å². The van der Waals surface area contributed by atoms with Crippen molar-refractivity contribution in [3.63, 3.8) is 0 Å². The molecule has 1 rings (SSSR count). The zero-order valence-corrected chi connectivity index (χ0v) is 12.9. The summed E-state index contributed by atoms with van der Waals surface area (Å²) >= 11 is 0. The average Bonchev–Trinajstić information content (AvgIpc) is 2.39. The highest BCUT2D eigenvalue weighted by Gasteiger charge is 2.28. The Balaban J connectivity index is 2.64. The first-order chi connectivity index (χ1) is 9.40. The first-order valence-corrected chi connectivity index (χ1v) is 7.12. The minimum atomic E-state index is -0.802. The van der Waals surface area contributed by atoms with Crippen molar-refractivity contribution >= 4 is 5.91 Å². The molecular formula is C16H26N2O2. The van der Waals surface area contributed by atoms with Crippen LogP contribution in [0.15, 0.2) is 24.3 Å². The molecule has 20 heavy (non-hydrogen) atoms. The summed E-state index contributed by atoms with van der Waals surface area (Å²) in [7, 11) is 1.65. The molecule has 4 nitrogen and oxygen atoms in total. The maximum Gasteiger partial charge on any atom is 0.240 e. The molecule has 0 heterocycles. The SMILES string of the molecule is CCCC(C)(N)C(=O)NC(C)Cc1ccccc1OC. The second kappa shape index (κ2) is 7.29. The number of carbonyl (C=O) groups excluding carboxylic acids is 1. The number of amides is 1. The molecule has 2 unspecified atom stereocenters. The van der Waals surface area contributed by atoms with Crippen LogP contribution in [-0.4, -0.2) is 24.6 Å². The smallest absolute Gasteiger partial charge is 0.240 e. The number of hydrogen-bond acceptors (Lipinski definition) is 3. The minimum Gasteiger partial charge on any atom is -0.496 e. The third-order valence-corrected chi connectivity index (χ3v) is 3.38. The van der Waals surface area contributed by atoms with Gasteiger partial charge < -0.3 is 15.8 Å². The largest absolute Gasteiger partial charge is 0.496 e. The Morgan fingerprint density at radius 2 is 2.10 bits per heavy atom. The molecule has 2 atom stereocenters. The van der Waals surface area contributed by atoms with Crippen LogP contribution in [0.25, 0.3) is 0 Å². The maximum absolute atomic E-state index is 12.1. The molecule has 0 aliphatic carbocycles. The van der Waals surface area contributed by atoms with E-state index in [0.29, 0.717) is 6.42 Å². The van der Waals surface area contributed by atoms with Crippen molar-refractivity contribution < 1.29 is 9.53 Å². The molecule has 0 fully saturated rings. The Bertz CT molecular complexity index is 444. The first-order valence-electron chi connectivity index (χ1n) is 7.12. The maximum atomic E-state index is 12.1. The summed E-state index contributed by atoms with van der Waals surface area (Å²) in [5.74, 6) is 0.749. The molecule has 1 aromatic carbocycles. The Hall–Kier alpha value is -1.55. The van der Waals surface area contributed by atoms with Crippen LogP contribution in [0.3, 0.4) is 0 Å². The van der Waals surface area contributed by atoms with Crippen LogP contribution in [0, 0.1) is 0 Å². The monoisotopic (exact) mass is 278 g/mol. The van der Waals surface area contributed by atoms with Crippen molar-refractivity contribution in [3.05, 3.63) is 29.8 Å². The normalized spacial score (nSPS) is 15.2. The lowest BCUT2D eigenvalue weighted by Gasteiger charge is -2.25.